The zero-order valence-corrected chi connectivity index (χ0v) is 10.1. The molecule has 0 aliphatic carbocycles. The van der Waals surface area contributed by atoms with Crippen LogP contribution in [0.15, 0.2) is 18.2 Å². The number of nitrogens with zero attached hydrogens (tertiary/aromatic N) is 1. The number of carbonyl (C=O) groups excluding carboxylic acids is 1. The minimum atomic E-state index is -0.0786. The van der Waals surface area contributed by atoms with Gasteiger partial charge in [-0.3, -0.25) is 4.79 Å². The van der Waals surface area contributed by atoms with Crippen molar-refractivity contribution >= 4 is 5.78 Å². The summed E-state index contributed by atoms with van der Waals surface area (Å²) in [5, 5.41) is 0. The van der Waals surface area contributed by atoms with Crippen LogP contribution in [-0.4, -0.2) is 22.5 Å². The standard InChI is InChI=1S/C13H12N2O3/c1-7-12(15-13(14-7)8(2)16)9-3-4-10-11(5-9)18-6-17-10/h3-5H,6H2,1-2H3,(H,14,15). The van der Waals surface area contributed by atoms with E-state index in [2.05, 4.69) is 9.97 Å². The van der Waals surface area contributed by atoms with Crippen molar-refractivity contribution in [2.45, 2.75) is 13.8 Å². The van der Waals surface area contributed by atoms with Crippen molar-refractivity contribution in [1.82, 2.24) is 9.97 Å². The molecule has 1 aliphatic heterocycles. The number of ether oxygens (including phenoxy) is 2. The van der Waals surface area contributed by atoms with Gasteiger partial charge in [-0.1, -0.05) is 0 Å². The highest BCUT2D eigenvalue weighted by Crippen LogP contribution is 2.36. The summed E-state index contributed by atoms with van der Waals surface area (Å²) >= 11 is 0. The van der Waals surface area contributed by atoms with Crippen LogP contribution >= 0.6 is 0 Å². The number of aromatic amines is 1. The number of fused-ring (bicyclic) bond motifs is 1. The van der Waals surface area contributed by atoms with Crippen molar-refractivity contribution in [3.05, 3.63) is 29.7 Å². The van der Waals surface area contributed by atoms with Gasteiger partial charge in [-0.15, -0.1) is 0 Å². The minimum absolute atomic E-state index is 0.0786. The molecule has 0 unspecified atom stereocenters. The number of nitrogens with one attached hydrogen (secondary N) is 1. The van der Waals surface area contributed by atoms with Crippen LogP contribution in [0.3, 0.4) is 0 Å². The van der Waals surface area contributed by atoms with Crippen LogP contribution in [0, 0.1) is 6.92 Å². The lowest BCUT2D eigenvalue weighted by Crippen LogP contribution is -1.94. The van der Waals surface area contributed by atoms with E-state index in [-0.39, 0.29) is 12.6 Å². The first-order valence-corrected chi connectivity index (χ1v) is 5.62. The maximum Gasteiger partial charge on any atom is 0.231 e. The predicted molar refractivity (Wildman–Crippen MR) is 64.9 cm³/mol. The fraction of sp³-hybridized carbons (Fsp3) is 0.231. The van der Waals surface area contributed by atoms with Crippen molar-refractivity contribution < 1.29 is 14.3 Å². The van der Waals surface area contributed by atoms with Gasteiger partial charge in [0.2, 0.25) is 6.79 Å². The van der Waals surface area contributed by atoms with Crippen LogP contribution in [-0.2, 0) is 0 Å². The molecule has 5 nitrogen and oxygen atoms in total. The van der Waals surface area contributed by atoms with Gasteiger partial charge in [0, 0.05) is 18.2 Å². The second-order valence-corrected chi connectivity index (χ2v) is 4.18. The number of ketones is 1. The molecule has 1 aliphatic rings. The van der Waals surface area contributed by atoms with Gasteiger partial charge in [-0.2, -0.15) is 0 Å². The van der Waals surface area contributed by atoms with Crippen LogP contribution in [0.25, 0.3) is 11.3 Å². The second-order valence-electron chi connectivity index (χ2n) is 4.18. The lowest BCUT2D eigenvalue weighted by Gasteiger charge is -2.00. The Balaban J connectivity index is 2.07. The Kier molecular flexibility index (Phi) is 2.33. The maximum atomic E-state index is 11.3. The van der Waals surface area contributed by atoms with Gasteiger partial charge in [0.15, 0.2) is 23.1 Å². The average molecular weight is 244 g/mol. The molecule has 1 N–H and O–H groups in total. The molecule has 3 rings (SSSR count). The molecule has 1 aromatic carbocycles. The third-order valence-corrected chi connectivity index (χ3v) is 2.86. The second kappa shape index (κ2) is 3.87. The Labute approximate surface area is 104 Å². The predicted octanol–water partition coefficient (Wildman–Crippen LogP) is 2.32. The topological polar surface area (TPSA) is 64.2 Å². The molecule has 0 saturated heterocycles. The number of carbonyl (C=O) groups is 1. The summed E-state index contributed by atoms with van der Waals surface area (Å²) in [5.41, 5.74) is 2.53. The summed E-state index contributed by atoms with van der Waals surface area (Å²) in [7, 11) is 0. The number of imidazole rings is 1. The molecule has 2 heterocycles. The van der Waals surface area contributed by atoms with E-state index in [4.69, 9.17) is 9.47 Å². The Morgan fingerprint density at radius 1 is 1.33 bits per heavy atom. The van der Waals surface area contributed by atoms with Crippen molar-refractivity contribution in [1.29, 1.82) is 0 Å². The molecule has 0 atom stereocenters. The van der Waals surface area contributed by atoms with Crippen LogP contribution in [0.4, 0.5) is 0 Å². The summed E-state index contributed by atoms with van der Waals surface area (Å²) < 4.78 is 10.6. The van der Waals surface area contributed by atoms with E-state index < -0.39 is 0 Å². The summed E-state index contributed by atoms with van der Waals surface area (Å²) in [6.45, 7) is 3.62. The van der Waals surface area contributed by atoms with Crippen LogP contribution in [0.1, 0.15) is 23.2 Å². The minimum Gasteiger partial charge on any atom is -0.454 e. The van der Waals surface area contributed by atoms with Gasteiger partial charge in [0.1, 0.15) is 0 Å². The number of H-pyrrole nitrogens is 1. The number of hydrogen-bond acceptors (Lipinski definition) is 4. The van der Waals surface area contributed by atoms with Crippen LogP contribution in [0.5, 0.6) is 11.5 Å². The number of rotatable bonds is 2. The van der Waals surface area contributed by atoms with Crippen LogP contribution < -0.4 is 9.47 Å². The van der Waals surface area contributed by atoms with Gasteiger partial charge >= 0.3 is 0 Å². The molecule has 1 aromatic heterocycles. The monoisotopic (exact) mass is 244 g/mol. The Morgan fingerprint density at radius 2 is 2.11 bits per heavy atom. The summed E-state index contributed by atoms with van der Waals surface area (Å²) in [5.74, 6) is 1.74. The SMILES string of the molecule is CC(=O)c1nc(-c2ccc3c(c2)OCO3)c(C)[nH]1. The normalized spacial score (nSPS) is 12.8. The lowest BCUT2D eigenvalue weighted by atomic mass is 10.1. The molecule has 0 amide bonds. The van der Waals surface area contributed by atoms with Gasteiger partial charge in [-0.25, -0.2) is 4.98 Å². The number of benzene rings is 1. The fourth-order valence-electron chi connectivity index (χ4n) is 1.95. The Bertz CT molecular complexity index is 631. The molecule has 2 aromatic rings. The quantitative estimate of drug-likeness (QED) is 0.823. The highest BCUT2D eigenvalue weighted by atomic mass is 16.7. The smallest absolute Gasteiger partial charge is 0.231 e. The molecule has 5 heteroatoms. The number of hydrogen-bond donors (Lipinski definition) is 1. The van der Waals surface area contributed by atoms with E-state index in [9.17, 15) is 4.79 Å². The van der Waals surface area contributed by atoms with Gasteiger partial charge < -0.3 is 14.5 Å². The molecule has 92 valence electrons. The highest BCUT2D eigenvalue weighted by molar-refractivity contribution is 5.91. The lowest BCUT2D eigenvalue weighted by molar-refractivity contribution is 0.100. The highest BCUT2D eigenvalue weighted by Gasteiger charge is 2.17. The fourth-order valence-corrected chi connectivity index (χ4v) is 1.95. The summed E-state index contributed by atoms with van der Waals surface area (Å²) in [6, 6.07) is 5.62. The molecule has 18 heavy (non-hydrogen) atoms. The Hall–Kier alpha value is -2.30. The summed E-state index contributed by atoms with van der Waals surface area (Å²) in [6.07, 6.45) is 0. The van der Waals surface area contributed by atoms with E-state index in [0.29, 0.717) is 11.6 Å². The molecular formula is C13H12N2O3. The third-order valence-electron chi connectivity index (χ3n) is 2.86. The first-order valence-electron chi connectivity index (χ1n) is 5.62. The first kappa shape index (κ1) is 10.8. The van der Waals surface area contributed by atoms with Crippen molar-refractivity contribution in [2.75, 3.05) is 6.79 Å². The van der Waals surface area contributed by atoms with Crippen LogP contribution in [0.2, 0.25) is 0 Å². The van der Waals surface area contributed by atoms with Crippen molar-refractivity contribution in [2.24, 2.45) is 0 Å². The zero-order chi connectivity index (χ0) is 12.7. The van der Waals surface area contributed by atoms with E-state index in [0.717, 1.165) is 22.7 Å². The maximum absolute atomic E-state index is 11.3. The number of Topliss-reactive ketones (excluding diaryl/α,β-unsaturated/α-hetero) is 1. The van der Waals surface area contributed by atoms with Crippen molar-refractivity contribution in [3.63, 3.8) is 0 Å². The van der Waals surface area contributed by atoms with Gasteiger partial charge in [0.05, 0.1) is 5.69 Å². The molecular weight excluding hydrogens is 232 g/mol. The molecule has 0 fully saturated rings. The van der Waals surface area contributed by atoms with Gasteiger partial charge in [-0.05, 0) is 25.1 Å². The molecule has 0 spiro atoms. The van der Waals surface area contributed by atoms with E-state index in [1.165, 1.54) is 6.92 Å². The largest absolute Gasteiger partial charge is 0.454 e. The average Bonchev–Trinajstić information content (AvgIpc) is 2.93. The first-order chi connectivity index (χ1) is 8.65. The molecule has 0 saturated carbocycles. The van der Waals surface area contributed by atoms with E-state index in [1.807, 2.05) is 25.1 Å². The third kappa shape index (κ3) is 1.64. The van der Waals surface area contributed by atoms with E-state index >= 15 is 0 Å². The number of aromatic nitrogens is 2. The van der Waals surface area contributed by atoms with Crippen molar-refractivity contribution in [3.8, 4) is 22.8 Å². The molecule has 0 radical (unpaired) electrons. The zero-order valence-electron chi connectivity index (χ0n) is 10.1. The Morgan fingerprint density at radius 3 is 2.83 bits per heavy atom. The van der Waals surface area contributed by atoms with Gasteiger partial charge in [0.25, 0.3) is 0 Å². The van der Waals surface area contributed by atoms with E-state index in [1.54, 1.807) is 0 Å². The molecule has 0 bridgehead atoms. The number of aryl methyl sites for hydroxylation is 1. The summed E-state index contributed by atoms with van der Waals surface area (Å²) in [4.78, 5) is 18.6.